The lowest BCUT2D eigenvalue weighted by molar-refractivity contribution is 0.0695. The van der Waals surface area contributed by atoms with Crippen molar-refractivity contribution in [2.75, 3.05) is 31.1 Å². The van der Waals surface area contributed by atoms with Crippen LogP contribution in [0.1, 0.15) is 33.0 Å². The zero-order valence-electron chi connectivity index (χ0n) is 13.9. The lowest BCUT2D eigenvalue weighted by Gasteiger charge is -2.23. The first kappa shape index (κ1) is 16.8. The van der Waals surface area contributed by atoms with Crippen LogP contribution in [0, 0.1) is 6.92 Å². The van der Waals surface area contributed by atoms with E-state index in [1.807, 2.05) is 11.8 Å². The summed E-state index contributed by atoms with van der Waals surface area (Å²) in [7, 11) is 0. The van der Waals surface area contributed by atoms with Gasteiger partial charge in [0.2, 0.25) is 0 Å². The van der Waals surface area contributed by atoms with Gasteiger partial charge in [-0.2, -0.15) is 0 Å². The number of carbonyl (C=O) groups excluding carboxylic acids is 1. The second kappa shape index (κ2) is 7.25. The van der Waals surface area contributed by atoms with E-state index in [-0.39, 0.29) is 11.5 Å². The van der Waals surface area contributed by atoms with Crippen LogP contribution in [0.15, 0.2) is 30.7 Å². The SMILES string of the molecule is Cc1cnc(C(=O)N2CCCN(c3ncccc3C(=O)O)CC2)cn1. The number of carbonyl (C=O) groups is 2. The van der Waals surface area contributed by atoms with Gasteiger partial charge in [-0.15, -0.1) is 0 Å². The van der Waals surface area contributed by atoms with Crippen LogP contribution in [0.25, 0.3) is 0 Å². The second-order valence-corrected chi connectivity index (χ2v) is 5.86. The molecule has 3 rings (SSSR count). The molecule has 0 spiro atoms. The Hall–Kier alpha value is -3.03. The summed E-state index contributed by atoms with van der Waals surface area (Å²) in [6, 6.07) is 3.15. The molecule has 8 nitrogen and oxygen atoms in total. The normalized spacial score (nSPS) is 14.9. The van der Waals surface area contributed by atoms with E-state index in [4.69, 9.17) is 0 Å². The van der Waals surface area contributed by atoms with E-state index >= 15 is 0 Å². The highest BCUT2D eigenvalue weighted by molar-refractivity contribution is 5.93. The molecule has 0 bridgehead atoms. The molecule has 0 aliphatic carbocycles. The van der Waals surface area contributed by atoms with E-state index in [9.17, 15) is 14.7 Å². The van der Waals surface area contributed by atoms with Crippen molar-refractivity contribution in [2.24, 2.45) is 0 Å². The number of hydrogen-bond donors (Lipinski definition) is 1. The lowest BCUT2D eigenvalue weighted by atomic mass is 10.2. The number of pyridine rings is 1. The Morgan fingerprint density at radius 1 is 1.08 bits per heavy atom. The first-order chi connectivity index (χ1) is 12.1. The van der Waals surface area contributed by atoms with Gasteiger partial charge in [-0.1, -0.05) is 0 Å². The predicted molar refractivity (Wildman–Crippen MR) is 90.7 cm³/mol. The highest BCUT2D eigenvalue weighted by Gasteiger charge is 2.24. The summed E-state index contributed by atoms with van der Waals surface area (Å²) in [5.41, 5.74) is 1.25. The number of carboxylic acids is 1. The Bertz CT molecular complexity index is 778. The molecule has 1 aliphatic heterocycles. The Balaban J connectivity index is 1.73. The van der Waals surface area contributed by atoms with Crippen molar-refractivity contribution in [1.29, 1.82) is 0 Å². The zero-order chi connectivity index (χ0) is 17.8. The molecule has 0 unspecified atom stereocenters. The molecule has 130 valence electrons. The molecule has 8 heteroatoms. The van der Waals surface area contributed by atoms with Gasteiger partial charge in [0.15, 0.2) is 0 Å². The molecule has 2 aromatic rings. The van der Waals surface area contributed by atoms with Gasteiger partial charge < -0.3 is 14.9 Å². The second-order valence-electron chi connectivity index (χ2n) is 5.86. The van der Waals surface area contributed by atoms with Gasteiger partial charge in [0.1, 0.15) is 17.1 Å². The maximum Gasteiger partial charge on any atom is 0.339 e. The summed E-state index contributed by atoms with van der Waals surface area (Å²) in [6.45, 7) is 4.03. The van der Waals surface area contributed by atoms with Gasteiger partial charge in [0, 0.05) is 38.6 Å². The molecule has 1 saturated heterocycles. The third kappa shape index (κ3) is 3.73. The van der Waals surface area contributed by atoms with E-state index in [2.05, 4.69) is 15.0 Å². The minimum absolute atomic E-state index is 0.158. The lowest BCUT2D eigenvalue weighted by Crippen LogP contribution is -2.36. The van der Waals surface area contributed by atoms with E-state index in [0.29, 0.717) is 37.7 Å². The standard InChI is InChI=1S/C17H19N5O3/c1-12-10-20-14(11-19-12)16(23)22-7-3-6-21(8-9-22)15-13(17(24)25)4-2-5-18-15/h2,4-5,10-11H,3,6-9H2,1H3,(H,24,25). The van der Waals surface area contributed by atoms with Crippen molar-refractivity contribution in [3.8, 4) is 0 Å². The molecule has 25 heavy (non-hydrogen) atoms. The number of aryl methyl sites for hydroxylation is 1. The quantitative estimate of drug-likeness (QED) is 0.896. The summed E-state index contributed by atoms with van der Waals surface area (Å²) in [5.74, 6) is -0.719. The molecule has 0 radical (unpaired) electrons. The number of aromatic carboxylic acids is 1. The van der Waals surface area contributed by atoms with Crippen molar-refractivity contribution in [2.45, 2.75) is 13.3 Å². The topological polar surface area (TPSA) is 99.5 Å². The minimum Gasteiger partial charge on any atom is -0.478 e. The molecule has 1 fully saturated rings. The Morgan fingerprint density at radius 2 is 1.92 bits per heavy atom. The fraction of sp³-hybridized carbons (Fsp3) is 0.353. The van der Waals surface area contributed by atoms with Crippen LogP contribution >= 0.6 is 0 Å². The number of hydrogen-bond acceptors (Lipinski definition) is 6. The first-order valence-corrected chi connectivity index (χ1v) is 8.07. The maximum absolute atomic E-state index is 12.6. The Kier molecular flexibility index (Phi) is 4.87. The summed E-state index contributed by atoms with van der Waals surface area (Å²) in [6.07, 6.45) is 5.37. The third-order valence-electron chi connectivity index (χ3n) is 4.10. The number of anilines is 1. The third-order valence-corrected chi connectivity index (χ3v) is 4.10. The Morgan fingerprint density at radius 3 is 2.64 bits per heavy atom. The summed E-state index contributed by atoms with van der Waals surface area (Å²) in [5, 5.41) is 9.33. The molecule has 3 heterocycles. The number of rotatable bonds is 3. The smallest absolute Gasteiger partial charge is 0.339 e. The van der Waals surface area contributed by atoms with Crippen LogP contribution in [0.4, 0.5) is 5.82 Å². The zero-order valence-corrected chi connectivity index (χ0v) is 13.9. The van der Waals surface area contributed by atoms with Gasteiger partial charge in [-0.3, -0.25) is 9.78 Å². The van der Waals surface area contributed by atoms with Crippen LogP contribution in [0.5, 0.6) is 0 Å². The molecule has 0 atom stereocenters. The summed E-state index contributed by atoms with van der Waals surface area (Å²) < 4.78 is 0. The minimum atomic E-state index is -1.00. The number of nitrogens with zero attached hydrogens (tertiary/aromatic N) is 5. The molecule has 0 saturated carbocycles. The van der Waals surface area contributed by atoms with Crippen LogP contribution in [0.3, 0.4) is 0 Å². The van der Waals surface area contributed by atoms with Crippen molar-refractivity contribution in [3.63, 3.8) is 0 Å². The first-order valence-electron chi connectivity index (χ1n) is 8.07. The number of amides is 1. The predicted octanol–water partition coefficient (Wildman–Crippen LogP) is 1.23. The van der Waals surface area contributed by atoms with Crippen molar-refractivity contribution in [3.05, 3.63) is 47.7 Å². The van der Waals surface area contributed by atoms with Crippen molar-refractivity contribution < 1.29 is 14.7 Å². The number of aromatic nitrogens is 3. The van der Waals surface area contributed by atoms with Gasteiger partial charge >= 0.3 is 5.97 Å². The average molecular weight is 341 g/mol. The monoisotopic (exact) mass is 341 g/mol. The van der Waals surface area contributed by atoms with Gasteiger partial charge in [0.05, 0.1) is 11.9 Å². The van der Waals surface area contributed by atoms with E-state index in [1.54, 1.807) is 29.4 Å². The van der Waals surface area contributed by atoms with Crippen LogP contribution in [-0.2, 0) is 0 Å². The molecular formula is C17H19N5O3. The van der Waals surface area contributed by atoms with Crippen molar-refractivity contribution >= 4 is 17.7 Å². The van der Waals surface area contributed by atoms with E-state index in [1.165, 1.54) is 6.20 Å². The highest BCUT2D eigenvalue weighted by atomic mass is 16.4. The molecule has 2 aromatic heterocycles. The molecule has 1 N–H and O–H groups in total. The van der Waals surface area contributed by atoms with Gasteiger partial charge in [0.25, 0.3) is 5.91 Å². The van der Waals surface area contributed by atoms with Gasteiger partial charge in [-0.05, 0) is 25.5 Å². The molecule has 0 aromatic carbocycles. The average Bonchev–Trinajstić information content (AvgIpc) is 2.88. The fourth-order valence-corrected chi connectivity index (χ4v) is 2.81. The van der Waals surface area contributed by atoms with Crippen LogP contribution in [0.2, 0.25) is 0 Å². The van der Waals surface area contributed by atoms with Crippen LogP contribution < -0.4 is 4.90 Å². The van der Waals surface area contributed by atoms with Crippen molar-refractivity contribution in [1.82, 2.24) is 19.9 Å². The molecular weight excluding hydrogens is 322 g/mol. The fourth-order valence-electron chi connectivity index (χ4n) is 2.81. The number of carboxylic acid groups (broad SMARTS) is 1. The maximum atomic E-state index is 12.6. The summed E-state index contributed by atoms with van der Waals surface area (Å²) >= 11 is 0. The summed E-state index contributed by atoms with van der Waals surface area (Å²) in [4.78, 5) is 40.1. The Labute approximate surface area is 145 Å². The molecule has 1 amide bonds. The van der Waals surface area contributed by atoms with E-state index in [0.717, 1.165) is 12.1 Å². The largest absolute Gasteiger partial charge is 0.478 e. The molecule has 1 aliphatic rings. The van der Waals surface area contributed by atoms with E-state index < -0.39 is 5.97 Å². The van der Waals surface area contributed by atoms with Gasteiger partial charge in [-0.25, -0.2) is 14.8 Å². The van der Waals surface area contributed by atoms with Crippen LogP contribution in [-0.4, -0.2) is 63.0 Å². The highest BCUT2D eigenvalue weighted by Crippen LogP contribution is 2.19.